The maximum Gasteiger partial charge on any atom is 0.414 e. The minimum Gasteiger partial charge on any atom is -0.497 e. The highest BCUT2D eigenvalue weighted by Gasteiger charge is 2.30. The van der Waals surface area contributed by atoms with E-state index in [1.807, 2.05) is 18.2 Å². The Morgan fingerprint density at radius 3 is 2.38 bits per heavy atom. The predicted octanol–water partition coefficient (Wildman–Crippen LogP) is 1.44. The zero-order valence-electron chi connectivity index (χ0n) is 13.7. The van der Waals surface area contributed by atoms with Crippen LogP contribution in [0, 0.1) is 5.92 Å². The summed E-state index contributed by atoms with van der Waals surface area (Å²) in [5, 5.41) is 25.0. The molecule has 1 saturated carbocycles. The molecule has 0 aliphatic heterocycles. The van der Waals surface area contributed by atoms with Crippen LogP contribution in [0.5, 0.6) is 5.75 Å². The van der Waals surface area contributed by atoms with Crippen LogP contribution in [0.25, 0.3) is 0 Å². The van der Waals surface area contributed by atoms with Crippen LogP contribution in [0.3, 0.4) is 0 Å². The number of carboxylic acid groups (broad SMARTS) is 2. The molecule has 5 N–H and O–H groups in total. The maximum atomic E-state index is 10.2. The van der Waals surface area contributed by atoms with Crippen molar-refractivity contribution in [3.05, 3.63) is 29.8 Å². The number of hydrogen-bond donors (Lipinski definition) is 4. The number of carboxylic acids is 2. The standard InChI is InChI=1S/C15H23NO2.C2H2O4/c1-18-12-6-4-5-11(9-12)14(10-16)13-7-2-3-8-15(13)17;3-1(4)2(5)6/h4-6,9,13-15,17H,2-3,7-8,10,16H2,1H3;(H,3,4)(H,5,6)/t13-,14-,15-;/m0./s1. The smallest absolute Gasteiger partial charge is 0.414 e. The van der Waals surface area contributed by atoms with Crippen molar-refractivity contribution in [3.8, 4) is 5.75 Å². The molecule has 1 aliphatic rings. The first kappa shape index (κ1) is 19.9. The number of nitrogens with two attached hydrogens (primary N) is 1. The SMILES string of the molecule is COc1cccc([C@H](CN)[C@@H]2CCCC[C@@H]2O)c1.O=C(O)C(=O)O. The van der Waals surface area contributed by atoms with Crippen molar-refractivity contribution in [1.82, 2.24) is 0 Å². The summed E-state index contributed by atoms with van der Waals surface area (Å²) < 4.78 is 5.26. The van der Waals surface area contributed by atoms with Gasteiger partial charge in [0, 0.05) is 5.92 Å². The fourth-order valence-electron chi connectivity index (χ4n) is 3.04. The van der Waals surface area contributed by atoms with Crippen LogP contribution >= 0.6 is 0 Å². The highest BCUT2D eigenvalue weighted by molar-refractivity contribution is 6.27. The molecule has 0 heterocycles. The number of hydrogen-bond acceptors (Lipinski definition) is 5. The van der Waals surface area contributed by atoms with Crippen molar-refractivity contribution < 1.29 is 29.6 Å². The van der Waals surface area contributed by atoms with Gasteiger partial charge in [0.25, 0.3) is 0 Å². The molecular weight excluding hydrogens is 314 g/mol. The molecule has 0 spiro atoms. The van der Waals surface area contributed by atoms with E-state index in [1.165, 1.54) is 12.0 Å². The first-order valence-electron chi connectivity index (χ1n) is 7.89. The van der Waals surface area contributed by atoms with E-state index in [0.717, 1.165) is 25.0 Å². The molecule has 1 aromatic carbocycles. The molecule has 1 aromatic rings. The largest absolute Gasteiger partial charge is 0.497 e. The minimum absolute atomic E-state index is 0.210. The van der Waals surface area contributed by atoms with Gasteiger partial charge >= 0.3 is 11.9 Å². The first-order chi connectivity index (χ1) is 11.4. The van der Waals surface area contributed by atoms with Crippen molar-refractivity contribution in [2.75, 3.05) is 13.7 Å². The lowest BCUT2D eigenvalue weighted by Gasteiger charge is -2.34. The fraction of sp³-hybridized carbons (Fsp3) is 0.529. The number of carbonyl (C=O) groups is 2. The van der Waals surface area contributed by atoms with Gasteiger partial charge in [-0.1, -0.05) is 25.0 Å². The average molecular weight is 339 g/mol. The molecule has 3 atom stereocenters. The monoisotopic (exact) mass is 339 g/mol. The van der Waals surface area contributed by atoms with Crippen molar-refractivity contribution in [2.24, 2.45) is 11.7 Å². The van der Waals surface area contributed by atoms with Gasteiger partial charge in [-0.05, 0) is 43.0 Å². The number of benzene rings is 1. The number of aliphatic carboxylic acids is 2. The Kier molecular flexibility index (Phi) is 8.21. The lowest BCUT2D eigenvalue weighted by atomic mass is 9.75. The van der Waals surface area contributed by atoms with Crippen molar-refractivity contribution in [2.45, 2.75) is 37.7 Å². The van der Waals surface area contributed by atoms with Gasteiger partial charge in [0.1, 0.15) is 5.75 Å². The van der Waals surface area contributed by atoms with Gasteiger partial charge in [0.15, 0.2) is 0 Å². The number of methoxy groups -OCH3 is 1. The van der Waals surface area contributed by atoms with E-state index < -0.39 is 11.9 Å². The van der Waals surface area contributed by atoms with Gasteiger partial charge in [0.05, 0.1) is 13.2 Å². The lowest BCUT2D eigenvalue weighted by Crippen LogP contribution is -2.33. The molecule has 134 valence electrons. The Bertz CT molecular complexity index is 536. The van der Waals surface area contributed by atoms with Crippen LogP contribution in [-0.4, -0.2) is 47.0 Å². The van der Waals surface area contributed by atoms with E-state index in [9.17, 15) is 5.11 Å². The molecule has 1 fully saturated rings. The zero-order chi connectivity index (χ0) is 18.1. The Morgan fingerprint density at radius 2 is 1.88 bits per heavy atom. The Hall–Kier alpha value is -2.12. The van der Waals surface area contributed by atoms with Crippen molar-refractivity contribution in [3.63, 3.8) is 0 Å². The van der Waals surface area contributed by atoms with Gasteiger partial charge in [0.2, 0.25) is 0 Å². The van der Waals surface area contributed by atoms with E-state index >= 15 is 0 Å². The van der Waals surface area contributed by atoms with Gasteiger partial charge < -0.3 is 25.8 Å². The Labute approximate surface area is 141 Å². The summed E-state index contributed by atoms with van der Waals surface area (Å²) in [6, 6.07) is 8.06. The number of ether oxygens (including phenoxy) is 1. The summed E-state index contributed by atoms with van der Waals surface area (Å²) in [6.07, 6.45) is 4.10. The molecule has 0 aromatic heterocycles. The normalized spacial score (nSPS) is 21.1. The molecule has 7 nitrogen and oxygen atoms in total. The molecule has 0 unspecified atom stereocenters. The second-order valence-electron chi connectivity index (χ2n) is 5.74. The van der Waals surface area contributed by atoms with E-state index in [1.54, 1.807) is 7.11 Å². The van der Waals surface area contributed by atoms with E-state index in [4.69, 9.17) is 30.3 Å². The van der Waals surface area contributed by atoms with Crippen LogP contribution in [0.2, 0.25) is 0 Å². The fourth-order valence-corrected chi connectivity index (χ4v) is 3.04. The summed E-state index contributed by atoms with van der Waals surface area (Å²) in [4.78, 5) is 18.2. The zero-order valence-corrected chi connectivity index (χ0v) is 13.7. The van der Waals surface area contributed by atoms with Gasteiger partial charge in [-0.2, -0.15) is 0 Å². The van der Waals surface area contributed by atoms with E-state index in [0.29, 0.717) is 6.54 Å². The first-order valence-corrected chi connectivity index (χ1v) is 7.89. The quantitative estimate of drug-likeness (QED) is 0.611. The molecular formula is C17H25NO6. The summed E-state index contributed by atoms with van der Waals surface area (Å²) in [6.45, 7) is 0.578. The van der Waals surface area contributed by atoms with Gasteiger partial charge in [-0.25, -0.2) is 9.59 Å². The van der Waals surface area contributed by atoms with E-state index in [-0.39, 0.29) is 17.9 Å². The summed E-state index contributed by atoms with van der Waals surface area (Å²) in [5.41, 5.74) is 7.12. The summed E-state index contributed by atoms with van der Waals surface area (Å²) in [5.74, 6) is -2.27. The van der Waals surface area contributed by atoms with Gasteiger partial charge in [-0.3, -0.25) is 0 Å². The molecule has 0 bridgehead atoms. The van der Waals surface area contributed by atoms with E-state index in [2.05, 4.69) is 6.07 Å². The van der Waals surface area contributed by atoms with Gasteiger partial charge in [-0.15, -0.1) is 0 Å². The summed E-state index contributed by atoms with van der Waals surface area (Å²) in [7, 11) is 1.67. The van der Waals surface area contributed by atoms with Crippen LogP contribution in [0.4, 0.5) is 0 Å². The number of aliphatic hydroxyl groups excluding tert-OH is 1. The molecule has 0 amide bonds. The third-order valence-corrected chi connectivity index (χ3v) is 4.26. The molecule has 24 heavy (non-hydrogen) atoms. The molecule has 0 saturated heterocycles. The molecule has 1 aliphatic carbocycles. The van der Waals surface area contributed by atoms with Crippen molar-refractivity contribution in [1.29, 1.82) is 0 Å². The minimum atomic E-state index is -1.82. The molecule has 2 rings (SSSR count). The number of rotatable bonds is 4. The highest BCUT2D eigenvalue weighted by atomic mass is 16.5. The Morgan fingerprint density at radius 1 is 1.25 bits per heavy atom. The molecule has 0 radical (unpaired) electrons. The number of aliphatic hydroxyl groups is 1. The van der Waals surface area contributed by atoms with Crippen LogP contribution < -0.4 is 10.5 Å². The summed E-state index contributed by atoms with van der Waals surface area (Å²) >= 11 is 0. The maximum absolute atomic E-state index is 10.2. The van der Waals surface area contributed by atoms with Crippen LogP contribution in [0.15, 0.2) is 24.3 Å². The topological polar surface area (TPSA) is 130 Å². The van der Waals surface area contributed by atoms with Crippen LogP contribution in [0.1, 0.15) is 37.2 Å². The van der Waals surface area contributed by atoms with Crippen LogP contribution in [-0.2, 0) is 9.59 Å². The second kappa shape index (κ2) is 9.89. The Balaban J connectivity index is 0.000000413. The molecule has 7 heteroatoms. The third kappa shape index (κ3) is 5.82. The average Bonchev–Trinajstić information content (AvgIpc) is 2.58. The third-order valence-electron chi connectivity index (χ3n) is 4.26. The predicted molar refractivity (Wildman–Crippen MR) is 88.0 cm³/mol. The highest BCUT2D eigenvalue weighted by Crippen LogP contribution is 2.36. The lowest BCUT2D eigenvalue weighted by molar-refractivity contribution is -0.159. The second-order valence-corrected chi connectivity index (χ2v) is 5.74. The van der Waals surface area contributed by atoms with Crippen molar-refractivity contribution >= 4 is 11.9 Å².